The van der Waals surface area contributed by atoms with Crippen molar-refractivity contribution in [1.82, 2.24) is 9.55 Å². The minimum absolute atomic E-state index is 0.141. The predicted molar refractivity (Wildman–Crippen MR) is 81.3 cm³/mol. The van der Waals surface area contributed by atoms with Gasteiger partial charge in [-0.15, -0.1) is 0 Å². The number of aryl methyl sites for hydroxylation is 1. The second-order valence-corrected chi connectivity index (χ2v) is 5.20. The molecule has 0 saturated carbocycles. The molecule has 0 saturated heterocycles. The van der Waals surface area contributed by atoms with E-state index in [9.17, 15) is 18.9 Å². The fourth-order valence-corrected chi connectivity index (χ4v) is 2.54. The minimum atomic E-state index is -1.52. The number of hydrogen-bond acceptors (Lipinski definition) is 4. The standard InChI is InChI=1S/C16H10F2N4O2/c1-9-20-15-13(6-12(17)14(18)16(15)22(23)24)21(9)8-11-4-2-10(7-19)3-5-11/h2-6H,8H2,1H3. The number of nitro groups is 1. The molecule has 24 heavy (non-hydrogen) atoms. The summed E-state index contributed by atoms with van der Waals surface area (Å²) in [7, 11) is 0. The third-order valence-electron chi connectivity index (χ3n) is 3.71. The van der Waals surface area contributed by atoms with Gasteiger partial charge in [0.25, 0.3) is 0 Å². The average Bonchev–Trinajstić information content (AvgIpc) is 2.84. The lowest BCUT2D eigenvalue weighted by Gasteiger charge is -2.07. The first-order valence-corrected chi connectivity index (χ1v) is 6.90. The number of hydrogen-bond donors (Lipinski definition) is 0. The highest BCUT2D eigenvalue weighted by Crippen LogP contribution is 2.31. The highest BCUT2D eigenvalue weighted by atomic mass is 19.2. The van der Waals surface area contributed by atoms with Gasteiger partial charge in [0.2, 0.25) is 5.82 Å². The van der Waals surface area contributed by atoms with E-state index in [0.717, 1.165) is 11.6 Å². The molecule has 8 heteroatoms. The number of rotatable bonds is 3. The summed E-state index contributed by atoms with van der Waals surface area (Å²) in [6.07, 6.45) is 0. The van der Waals surface area contributed by atoms with Crippen LogP contribution < -0.4 is 0 Å². The molecule has 120 valence electrons. The molecule has 0 bridgehead atoms. The highest BCUT2D eigenvalue weighted by molar-refractivity contribution is 5.86. The minimum Gasteiger partial charge on any atom is -0.323 e. The van der Waals surface area contributed by atoms with Crippen LogP contribution in [0.5, 0.6) is 0 Å². The van der Waals surface area contributed by atoms with Crippen molar-refractivity contribution in [2.24, 2.45) is 0 Å². The summed E-state index contributed by atoms with van der Waals surface area (Å²) in [4.78, 5) is 14.1. The molecule has 0 N–H and O–H groups in total. The zero-order valence-electron chi connectivity index (χ0n) is 12.5. The number of benzene rings is 2. The Hall–Kier alpha value is -3.34. The second-order valence-electron chi connectivity index (χ2n) is 5.20. The summed E-state index contributed by atoms with van der Waals surface area (Å²) >= 11 is 0. The van der Waals surface area contributed by atoms with Crippen LogP contribution in [-0.4, -0.2) is 14.5 Å². The SMILES string of the molecule is Cc1nc2c([N+](=O)[O-])c(F)c(F)cc2n1Cc1ccc(C#N)cc1. The Morgan fingerprint density at radius 3 is 2.58 bits per heavy atom. The first-order chi connectivity index (χ1) is 11.4. The van der Waals surface area contributed by atoms with Crippen LogP contribution in [0.1, 0.15) is 17.0 Å². The average molecular weight is 328 g/mol. The van der Waals surface area contributed by atoms with Gasteiger partial charge in [0.1, 0.15) is 5.82 Å². The third kappa shape index (κ3) is 2.46. The van der Waals surface area contributed by atoms with Crippen molar-refractivity contribution in [1.29, 1.82) is 5.26 Å². The van der Waals surface area contributed by atoms with Gasteiger partial charge in [0, 0.05) is 12.6 Å². The fourth-order valence-electron chi connectivity index (χ4n) is 2.54. The van der Waals surface area contributed by atoms with Crippen molar-refractivity contribution in [3.63, 3.8) is 0 Å². The lowest BCUT2D eigenvalue weighted by atomic mass is 10.1. The number of aromatic nitrogens is 2. The zero-order chi connectivity index (χ0) is 17.4. The topological polar surface area (TPSA) is 84.8 Å². The van der Waals surface area contributed by atoms with E-state index < -0.39 is 22.2 Å². The maximum absolute atomic E-state index is 13.7. The molecule has 0 spiro atoms. The summed E-state index contributed by atoms with van der Waals surface area (Å²) < 4.78 is 29.0. The number of halogens is 2. The van der Waals surface area contributed by atoms with E-state index in [1.807, 2.05) is 6.07 Å². The van der Waals surface area contributed by atoms with Gasteiger partial charge in [-0.2, -0.15) is 9.65 Å². The molecule has 6 nitrogen and oxygen atoms in total. The van der Waals surface area contributed by atoms with Crippen LogP contribution in [0.25, 0.3) is 11.0 Å². The summed E-state index contributed by atoms with van der Waals surface area (Å²) in [6.45, 7) is 1.86. The van der Waals surface area contributed by atoms with E-state index in [1.165, 1.54) is 0 Å². The van der Waals surface area contributed by atoms with Crippen LogP contribution in [0.3, 0.4) is 0 Å². The van der Waals surface area contributed by atoms with Gasteiger partial charge in [-0.25, -0.2) is 9.37 Å². The van der Waals surface area contributed by atoms with E-state index >= 15 is 0 Å². The molecular weight excluding hydrogens is 318 g/mol. The lowest BCUT2D eigenvalue weighted by Crippen LogP contribution is -2.03. The number of nitro benzene ring substituents is 1. The fraction of sp³-hybridized carbons (Fsp3) is 0.125. The van der Waals surface area contributed by atoms with E-state index in [-0.39, 0.29) is 17.6 Å². The van der Waals surface area contributed by atoms with Crippen molar-refractivity contribution in [3.8, 4) is 6.07 Å². The smallest absolute Gasteiger partial charge is 0.323 e. The molecule has 0 aliphatic rings. The second kappa shape index (κ2) is 5.70. The molecule has 1 aromatic heterocycles. The molecule has 0 atom stereocenters. The zero-order valence-corrected chi connectivity index (χ0v) is 12.5. The largest absolute Gasteiger partial charge is 0.335 e. The Bertz CT molecular complexity index is 1000. The number of imidazole rings is 1. The Morgan fingerprint density at radius 2 is 2.00 bits per heavy atom. The van der Waals surface area contributed by atoms with Crippen molar-refractivity contribution in [2.75, 3.05) is 0 Å². The van der Waals surface area contributed by atoms with E-state index in [4.69, 9.17) is 5.26 Å². The quantitative estimate of drug-likeness (QED) is 0.544. The van der Waals surface area contributed by atoms with Crippen molar-refractivity contribution < 1.29 is 13.7 Å². The maximum atomic E-state index is 13.7. The third-order valence-corrected chi connectivity index (χ3v) is 3.71. The highest BCUT2D eigenvalue weighted by Gasteiger charge is 2.27. The lowest BCUT2D eigenvalue weighted by molar-refractivity contribution is -0.386. The number of nitrogens with zero attached hydrogens (tertiary/aromatic N) is 4. The van der Waals surface area contributed by atoms with Crippen LogP contribution in [-0.2, 0) is 6.54 Å². The Balaban J connectivity index is 2.16. The normalized spacial score (nSPS) is 10.8. The Morgan fingerprint density at radius 1 is 1.33 bits per heavy atom. The van der Waals surface area contributed by atoms with Crippen LogP contribution in [0.4, 0.5) is 14.5 Å². The van der Waals surface area contributed by atoms with Crippen LogP contribution >= 0.6 is 0 Å². The van der Waals surface area contributed by atoms with Gasteiger partial charge in [-0.1, -0.05) is 12.1 Å². The molecule has 0 amide bonds. The van der Waals surface area contributed by atoms with Crippen molar-refractivity contribution in [2.45, 2.75) is 13.5 Å². The first kappa shape index (κ1) is 15.6. The molecule has 0 aliphatic heterocycles. The molecule has 3 rings (SSSR count). The molecule has 0 unspecified atom stereocenters. The van der Waals surface area contributed by atoms with Gasteiger partial charge in [-0.3, -0.25) is 10.1 Å². The molecular formula is C16H10F2N4O2. The Kier molecular flexibility index (Phi) is 3.69. The van der Waals surface area contributed by atoms with Crippen LogP contribution in [0.2, 0.25) is 0 Å². The summed E-state index contributed by atoms with van der Waals surface area (Å²) in [5.41, 5.74) is 0.276. The number of fused-ring (bicyclic) bond motifs is 1. The molecule has 0 radical (unpaired) electrons. The molecule has 0 aliphatic carbocycles. The van der Waals surface area contributed by atoms with Gasteiger partial charge in [0.05, 0.1) is 22.1 Å². The van der Waals surface area contributed by atoms with Crippen molar-refractivity contribution in [3.05, 3.63) is 69.0 Å². The van der Waals surface area contributed by atoms with E-state index in [0.29, 0.717) is 11.4 Å². The molecule has 3 aromatic rings. The summed E-state index contributed by atoms with van der Waals surface area (Å²) in [6, 6.07) is 9.61. The maximum Gasteiger partial charge on any atom is 0.335 e. The molecule has 0 fully saturated rings. The van der Waals surface area contributed by atoms with Gasteiger partial charge >= 0.3 is 5.69 Å². The summed E-state index contributed by atoms with van der Waals surface area (Å²) in [5.74, 6) is -2.42. The number of nitriles is 1. The van der Waals surface area contributed by atoms with E-state index in [2.05, 4.69) is 4.98 Å². The van der Waals surface area contributed by atoms with Crippen LogP contribution in [0.15, 0.2) is 30.3 Å². The van der Waals surface area contributed by atoms with Gasteiger partial charge < -0.3 is 4.57 Å². The van der Waals surface area contributed by atoms with E-state index in [1.54, 1.807) is 35.8 Å². The first-order valence-electron chi connectivity index (χ1n) is 6.90. The van der Waals surface area contributed by atoms with Gasteiger partial charge in [-0.05, 0) is 24.6 Å². The Labute approximate surface area is 134 Å². The van der Waals surface area contributed by atoms with Gasteiger partial charge in [0.15, 0.2) is 11.3 Å². The molecule has 1 heterocycles. The summed E-state index contributed by atoms with van der Waals surface area (Å²) in [5, 5.41) is 19.9. The monoisotopic (exact) mass is 328 g/mol. The van der Waals surface area contributed by atoms with Crippen LogP contribution in [0, 0.1) is 40.0 Å². The molecule has 2 aromatic carbocycles. The van der Waals surface area contributed by atoms with Crippen molar-refractivity contribution >= 4 is 16.7 Å². The predicted octanol–water partition coefficient (Wildman–Crippen LogP) is 3.45.